The molecule has 0 bridgehead atoms. The second-order valence-corrected chi connectivity index (χ2v) is 3.54. The zero-order valence-corrected chi connectivity index (χ0v) is 8.75. The van der Waals surface area contributed by atoms with Crippen molar-refractivity contribution in [2.45, 2.75) is 13.1 Å². The van der Waals surface area contributed by atoms with Crippen LogP contribution in [0.25, 0.3) is 11.3 Å². The number of halogens is 3. The summed E-state index contributed by atoms with van der Waals surface area (Å²) in [6, 6.07) is 4.49. The molecule has 0 saturated heterocycles. The van der Waals surface area contributed by atoms with Crippen molar-refractivity contribution < 1.29 is 22.7 Å². The summed E-state index contributed by atoms with van der Waals surface area (Å²) < 4.78 is 41.1. The highest BCUT2D eigenvalue weighted by molar-refractivity contribution is 5.61. The minimum Gasteiger partial charge on any atom is -0.508 e. The van der Waals surface area contributed by atoms with E-state index in [-0.39, 0.29) is 11.4 Å². The number of aromatic nitrogens is 1. The number of nitrogens with zero attached hydrogens (tertiary/aromatic N) is 1. The van der Waals surface area contributed by atoms with Gasteiger partial charge in [-0.1, -0.05) is 12.1 Å². The zero-order valence-electron chi connectivity index (χ0n) is 8.75. The van der Waals surface area contributed by atoms with Crippen molar-refractivity contribution in [3.63, 3.8) is 0 Å². The van der Waals surface area contributed by atoms with E-state index >= 15 is 0 Å². The van der Waals surface area contributed by atoms with Crippen molar-refractivity contribution in [1.82, 2.24) is 4.98 Å². The topological polar surface area (TPSA) is 46.3 Å². The lowest BCUT2D eigenvalue weighted by atomic mass is 10.1. The first-order valence-corrected chi connectivity index (χ1v) is 4.70. The predicted molar refractivity (Wildman–Crippen MR) is 53.3 cm³/mol. The Morgan fingerprint density at radius 1 is 1.29 bits per heavy atom. The van der Waals surface area contributed by atoms with E-state index in [0.29, 0.717) is 11.1 Å². The van der Waals surface area contributed by atoms with Crippen LogP contribution in [-0.4, -0.2) is 10.1 Å². The third-order valence-electron chi connectivity index (χ3n) is 2.25. The molecule has 0 saturated carbocycles. The zero-order chi connectivity index (χ0) is 12.6. The maximum atomic E-state index is 12.3. The van der Waals surface area contributed by atoms with Crippen LogP contribution in [0.3, 0.4) is 0 Å². The molecule has 17 heavy (non-hydrogen) atoms. The molecule has 0 radical (unpaired) electrons. The molecule has 0 aliphatic heterocycles. The van der Waals surface area contributed by atoms with Gasteiger partial charge in [0.05, 0.1) is 0 Å². The normalized spacial score (nSPS) is 11.8. The van der Waals surface area contributed by atoms with E-state index in [4.69, 9.17) is 0 Å². The maximum Gasteiger partial charge on any atom is 0.468 e. The average molecular weight is 243 g/mol. The van der Waals surface area contributed by atoms with E-state index in [9.17, 15) is 18.3 Å². The van der Waals surface area contributed by atoms with Crippen LogP contribution >= 0.6 is 0 Å². The van der Waals surface area contributed by atoms with Crippen LogP contribution in [0.5, 0.6) is 5.75 Å². The van der Waals surface area contributed by atoms with Crippen molar-refractivity contribution in [3.05, 3.63) is 35.9 Å². The van der Waals surface area contributed by atoms with Crippen LogP contribution in [0.4, 0.5) is 13.2 Å². The minimum absolute atomic E-state index is 0.000872. The van der Waals surface area contributed by atoms with Crippen molar-refractivity contribution in [2.24, 2.45) is 0 Å². The molecule has 2 rings (SSSR count). The molecular weight excluding hydrogens is 235 g/mol. The van der Waals surface area contributed by atoms with Gasteiger partial charge in [-0.2, -0.15) is 13.2 Å². The van der Waals surface area contributed by atoms with Gasteiger partial charge in [-0.3, -0.25) is 0 Å². The van der Waals surface area contributed by atoms with Crippen molar-refractivity contribution in [1.29, 1.82) is 0 Å². The smallest absolute Gasteiger partial charge is 0.468 e. The molecule has 0 aliphatic carbocycles. The third-order valence-corrected chi connectivity index (χ3v) is 2.25. The van der Waals surface area contributed by atoms with Crippen molar-refractivity contribution in [3.8, 4) is 17.0 Å². The van der Waals surface area contributed by atoms with Gasteiger partial charge >= 0.3 is 12.1 Å². The van der Waals surface area contributed by atoms with Gasteiger partial charge in [0.2, 0.25) is 0 Å². The summed E-state index contributed by atoms with van der Waals surface area (Å²) in [4.78, 5) is 3.32. The van der Waals surface area contributed by atoms with Gasteiger partial charge in [-0.15, -0.1) is 0 Å². The summed E-state index contributed by atoms with van der Waals surface area (Å²) in [6.07, 6.45) is -3.70. The Bertz CT molecular complexity index is 546. The van der Waals surface area contributed by atoms with Crippen LogP contribution in [0, 0.1) is 6.92 Å². The fourth-order valence-corrected chi connectivity index (χ4v) is 1.31. The Labute approximate surface area is 94.5 Å². The lowest BCUT2D eigenvalue weighted by Gasteiger charge is -2.01. The number of aryl methyl sites for hydroxylation is 1. The molecule has 3 nitrogen and oxygen atoms in total. The Hall–Kier alpha value is -1.98. The number of hydrogen-bond acceptors (Lipinski definition) is 3. The Kier molecular flexibility index (Phi) is 2.57. The molecule has 1 heterocycles. The highest BCUT2D eigenvalue weighted by atomic mass is 19.4. The summed E-state index contributed by atoms with van der Waals surface area (Å²) in [7, 11) is 0. The molecule has 90 valence electrons. The number of phenols is 1. The number of phenolic OH excluding ortho intramolecular Hbond substituents is 1. The molecule has 0 aliphatic rings. The van der Waals surface area contributed by atoms with Crippen molar-refractivity contribution >= 4 is 0 Å². The second kappa shape index (κ2) is 3.80. The lowest BCUT2D eigenvalue weighted by Crippen LogP contribution is -2.04. The summed E-state index contributed by atoms with van der Waals surface area (Å²) in [5.74, 6) is -1.30. The van der Waals surface area contributed by atoms with E-state index in [1.807, 2.05) is 0 Å². The molecule has 6 heteroatoms. The number of rotatable bonds is 1. The number of aromatic hydroxyl groups is 1. The van der Waals surface area contributed by atoms with E-state index in [2.05, 4.69) is 9.40 Å². The molecule has 1 aromatic heterocycles. The summed E-state index contributed by atoms with van der Waals surface area (Å²) in [5.41, 5.74) is 1.04. The summed E-state index contributed by atoms with van der Waals surface area (Å²) in [5, 5.41) is 9.45. The summed E-state index contributed by atoms with van der Waals surface area (Å²) >= 11 is 0. The quantitative estimate of drug-likeness (QED) is 0.835. The molecule has 0 amide bonds. The Balaban J connectivity index is 2.40. The largest absolute Gasteiger partial charge is 0.508 e. The first-order valence-electron chi connectivity index (χ1n) is 4.70. The fourth-order valence-electron chi connectivity index (χ4n) is 1.31. The predicted octanol–water partition coefficient (Wildman–Crippen LogP) is 3.37. The van der Waals surface area contributed by atoms with E-state index in [0.717, 1.165) is 6.26 Å². The molecule has 1 N–H and O–H groups in total. The van der Waals surface area contributed by atoms with E-state index in [1.54, 1.807) is 19.1 Å². The van der Waals surface area contributed by atoms with Crippen LogP contribution < -0.4 is 0 Å². The molecule has 0 unspecified atom stereocenters. The number of benzene rings is 1. The van der Waals surface area contributed by atoms with Gasteiger partial charge in [0.1, 0.15) is 17.7 Å². The van der Waals surface area contributed by atoms with Gasteiger partial charge in [0, 0.05) is 5.56 Å². The molecule has 0 spiro atoms. The van der Waals surface area contributed by atoms with Gasteiger partial charge in [-0.05, 0) is 18.6 Å². The van der Waals surface area contributed by atoms with Crippen LogP contribution in [0.1, 0.15) is 11.5 Å². The number of alkyl halides is 3. The van der Waals surface area contributed by atoms with Crippen molar-refractivity contribution in [2.75, 3.05) is 0 Å². The standard InChI is InChI=1S/C11H8F3NO2/c1-6-2-3-7(4-9(6)16)8-5-17-10(15-8)11(12,13)14/h2-5,16H,1H3. The van der Waals surface area contributed by atoms with Gasteiger partial charge in [0.15, 0.2) is 0 Å². The Morgan fingerprint density at radius 3 is 2.53 bits per heavy atom. The molecule has 1 aromatic carbocycles. The maximum absolute atomic E-state index is 12.3. The highest BCUT2D eigenvalue weighted by Gasteiger charge is 2.37. The lowest BCUT2D eigenvalue weighted by molar-refractivity contribution is -0.157. The van der Waals surface area contributed by atoms with Crippen LogP contribution in [0.2, 0.25) is 0 Å². The fraction of sp³-hybridized carbons (Fsp3) is 0.182. The first-order chi connectivity index (χ1) is 7.88. The molecular formula is C11H8F3NO2. The molecule has 0 atom stereocenters. The Morgan fingerprint density at radius 2 is 2.00 bits per heavy atom. The highest BCUT2D eigenvalue weighted by Crippen LogP contribution is 2.32. The monoisotopic (exact) mass is 243 g/mol. The van der Waals surface area contributed by atoms with Gasteiger partial charge in [0.25, 0.3) is 0 Å². The van der Waals surface area contributed by atoms with E-state index in [1.165, 1.54) is 6.07 Å². The molecule has 2 aromatic rings. The van der Waals surface area contributed by atoms with Gasteiger partial charge < -0.3 is 9.52 Å². The van der Waals surface area contributed by atoms with Gasteiger partial charge in [-0.25, -0.2) is 4.98 Å². The van der Waals surface area contributed by atoms with E-state index < -0.39 is 12.1 Å². The minimum atomic E-state index is -4.61. The SMILES string of the molecule is Cc1ccc(-c2coc(C(F)(F)F)n2)cc1O. The second-order valence-electron chi connectivity index (χ2n) is 3.54. The molecule has 0 fully saturated rings. The first kappa shape index (κ1) is 11.5. The average Bonchev–Trinajstić information content (AvgIpc) is 2.70. The third kappa shape index (κ3) is 2.25. The van der Waals surface area contributed by atoms with Crippen LogP contribution in [-0.2, 0) is 6.18 Å². The number of oxazole rings is 1. The summed E-state index contributed by atoms with van der Waals surface area (Å²) in [6.45, 7) is 1.68. The van der Waals surface area contributed by atoms with Crippen LogP contribution in [0.15, 0.2) is 28.9 Å². The number of hydrogen-bond donors (Lipinski definition) is 1.